The lowest BCUT2D eigenvalue weighted by Crippen LogP contribution is -2.26. The van der Waals surface area contributed by atoms with Crippen molar-refractivity contribution >= 4 is 39.7 Å². The maximum Gasteiger partial charge on any atom is 0.274 e. The fraction of sp³-hybridized carbons (Fsp3) is 0.278. The number of aromatic nitrogens is 1. The van der Waals surface area contributed by atoms with E-state index in [1.807, 2.05) is 0 Å². The Kier molecular flexibility index (Phi) is 4.69. The average molecular weight is 412 g/mol. The first-order valence-electron chi connectivity index (χ1n) is 8.23. The third kappa shape index (κ3) is 3.59. The molecule has 2 heterocycles. The molecule has 1 fully saturated rings. The summed E-state index contributed by atoms with van der Waals surface area (Å²) < 4.78 is 44.9. The average Bonchev–Trinajstić information content (AvgIpc) is 3.18. The second kappa shape index (κ2) is 6.88. The number of halogens is 3. The van der Waals surface area contributed by atoms with Gasteiger partial charge in [-0.15, -0.1) is 11.3 Å². The summed E-state index contributed by atoms with van der Waals surface area (Å²) in [5.74, 6) is -3.93. The van der Waals surface area contributed by atoms with Gasteiger partial charge in [0.05, 0.1) is 9.90 Å². The molecule has 2 atom stereocenters. The molecular formula is C18H15F3N2O2S2. The summed E-state index contributed by atoms with van der Waals surface area (Å²) in [7, 11) is 0. The van der Waals surface area contributed by atoms with E-state index in [-0.39, 0.29) is 30.0 Å². The number of fused-ring (bicyclic) bond motifs is 1. The standard InChI is InChI=1S/C18H15F3N2O2S2/c19-12-5-9-3-4-22-17(25)11(9)7-13(12)23-27-16-2-1-14(26-16)10-6-15(24)18(20,21)8-10/h1-5,7,10,15,23-24H,6,8H2,(H,22,25). The van der Waals surface area contributed by atoms with Gasteiger partial charge in [-0.25, -0.2) is 13.2 Å². The largest absolute Gasteiger partial charge is 0.387 e. The zero-order valence-electron chi connectivity index (χ0n) is 13.8. The number of nitrogens with one attached hydrogen (secondary N) is 2. The van der Waals surface area contributed by atoms with Crippen molar-refractivity contribution in [3.05, 3.63) is 57.6 Å². The lowest BCUT2D eigenvalue weighted by Gasteiger charge is -2.11. The van der Waals surface area contributed by atoms with Crippen molar-refractivity contribution < 1.29 is 18.3 Å². The van der Waals surface area contributed by atoms with Gasteiger partial charge in [-0.2, -0.15) is 0 Å². The summed E-state index contributed by atoms with van der Waals surface area (Å²) in [5, 5.41) is 10.3. The van der Waals surface area contributed by atoms with Gasteiger partial charge >= 0.3 is 0 Å². The topological polar surface area (TPSA) is 65.1 Å². The van der Waals surface area contributed by atoms with Gasteiger partial charge in [-0.3, -0.25) is 4.79 Å². The predicted octanol–water partition coefficient (Wildman–Crippen LogP) is 4.72. The molecule has 9 heteroatoms. The molecule has 4 nitrogen and oxygen atoms in total. The van der Waals surface area contributed by atoms with E-state index in [1.165, 1.54) is 29.7 Å². The van der Waals surface area contributed by atoms with Gasteiger partial charge < -0.3 is 14.8 Å². The van der Waals surface area contributed by atoms with E-state index in [0.29, 0.717) is 10.8 Å². The van der Waals surface area contributed by atoms with Crippen molar-refractivity contribution in [3.63, 3.8) is 0 Å². The Morgan fingerprint density at radius 2 is 2.11 bits per heavy atom. The number of H-pyrrole nitrogens is 1. The molecule has 27 heavy (non-hydrogen) atoms. The minimum Gasteiger partial charge on any atom is -0.387 e. The van der Waals surface area contributed by atoms with E-state index < -0.39 is 17.8 Å². The lowest BCUT2D eigenvalue weighted by molar-refractivity contribution is -0.0854. The van der Waals surface area contributed by atoms with E-state index in [9.17, 15) is 23.1 Å². The Bertz CT molecular complexity index is 1050. The predicted molar refractivity (Wildman–Crippen MR) is 101 cm³/mol. The highest BCUT2D eigenvalue weighted by atomic mass is 32.2. The van der Waals surface area contributed by atoms with E-state index in [1.54, 1.807) is 18.2 Å². The Morgan fingerprint density at radius 1 is 1.30 bits per heavy atom. The highest BCUT2D eigenvalue weighted by Gasteiger charge is 2.48. The van der Waals surface area contributed by atoms with E-state index in [2.05, 4.69) is 9.71 Å². The number of anilines is 1. The van der Waals surface area contributed by atoms with Gasteiger partial charge in [-0.1, -0.05) is 0 Å². The summed E-state index contributed by atoms with van der Waals surface area (Å²) in [4.78, 5) is 15.2. The van der Waals surface area contributed by atoms with Crippen LogP contribution in [-0.4, -0.2) is 22.1 Å². The van der Waals surface area contributed by atoms with Crippen molar-refractivity contribution in [3.8, 4) is 0 Å². The molecule has 1 aliphatic carbocycles. The normalized spacial score (nSPS) is 21.6. The number of alkyl halides is 2. The fourth-order valence-corrected chi connectivity index (χ4v) is 5.14. The Hall–Kier alpha value is -1.97. The highest BCUT2D eigenvalue weighted by Crippen LogP contribution is 2.47. The summed E-state index contributed by atoms with van der Waals surface area (Å²) >= 11 is 2.48. The molecule has 1 saturated carbocycles. The van der Waals surface area contributed by atoms with Crippen LogP contribution < -0.4 is 10.3 Å². The summed E-state index contributed by atoms with van der Waals surface area (Å²) in [5.41, 5.74) is -0.137. The first-order valence-corrected chi connectivity index (χ1v) is 9.86. The maximum atomic E-state index is 14.2. The van der Waals surface area contributed by atoms with Crippen LogP contribution in [0, 0.1) is 5.82 Å². The number of aliphatic hydroxyl groups is 1. The zero-order chi connectivity index (χ0) is 19.2. The molecule has 142 valence electrons. The molecule has 4 rings (SSSR count). The molecule has 0 bridgehead atoms. The van der Waals surface area contributed by atoms with Crippen molar-refractivity contribution in [2.75, 3.05) is 4.72 Å². The number of thiophene rings is 1. The van der Waals surface area contributed by atoms with Gasteiger partial charge in [0.1, 0.15) is 11.9 Å². The molecule has 2 unspecified atom stereocenters. The Morgan fingerprint density at radius 3 is 2.85 bits per heavy atom. The van der Waals surface area contributed by atoms with Gasteiger partial charge in [0.2, 0.25) is 0 Å². The fourth-order valence-electron chi connectivity index (χ4n) is 3.21. The van der Waals surface area contributed by atoms with Crippen LogP contribution in [0.1, 0.15) is 23.6 Å². The number of benzene rings is 1. The molecule has 3 aromatic rings. The number of pyridine rings is 1. The van der Waals surface area contributed by atoms with Crippen molar-refractivity contribution in [2.24, 2.45) is 0 Å². The van der Waals surface area contributed by atoms with E-state index in [0.717, 1.165) is 21.0 Å². The second-order valence-corrected chi connectivity index (χ2v) is 8.72. The number of hydrogen-bond acceptors (Lipinski definition) is 5. The molecule has 0 amide bonds. The number of aliphatic hydroxyl groups excluding tert-OH is 1. The summed E-state index contributed by atoms with van der Waals surface area (Å²) in [6.07, 6.45) is -0.479. The van der Waals surface area contributed by atoms with Crippen LogP contribution in [0.25, 0.3) is 10.8 Å². The van der Waals surface area contributed by atoms with Gasteiger partial charge in [0, 0.05) is 28.8 Å². The Balaban J connectivity index is 1.49. The summed E-state index contributed by atoms with van der Waals surface area (Å²) in [6.45, 7) is 0. The van der Waals surface area contributed by atoms with Gasteiger partial charge in [0.25, 0.3) is 11.5 Å². The first-order chi connectivity index (χ1) is 12.8. The molecule has 0 radical (unpaired) electrons. The summed E-state index contributed by atoms with van der Waals surface area (Å²) in [6, 6.07) is 7.88. The molecular weight excluding hydrogens is 397 g/mol. The molecule has 2 aromatic heterocycles. The quantitative estimate of drug-likeness (QED) is 0.543. The van der Waals surface area contributed by atoms with Crippen molar-refractivity contribution in [2.45, 2.75) is 35.0 Å². The molecule has 1 aliphatic rings. The minimum absolute atomic E-state index is 0.0348. The van der Waals surface area contributed by atoms with Gasteiger partial charge in [0.15, 0.2) is 0 Å². The van der Waals surface area contributed by atoms with Crippen LogP contribution in [0.5, 0.6) is 0 Å². The molecule has 0 saturated heterocycles. The maximum absolute atomic E-state index is 14.2. The third-order valence-electron chi connectivity index (χ3n) is 4.64. The van der Waals surface area contributed by atoms with Crippen molar-refractivity contribution in [1.29, 1.82) is 0 Å². The SMILES string of the molecule is O=c1[nH]ccc2cc(F)c(NSc3ccc(C4CC(O)C(F)(F)C4)s3)cc12. The van der Waals surface area contributed by atoms with Crippen LogP contribution in [0.2, 0.25) is 0 Å². The first kappa shape index (κ1) is 18.4. The van der Waals surface area contributed by atoms with Gasteiger partial charge in [-0.05, 0) is 54.1 Å². The van der Waals surface area contributed by atoms with Crippen LogP contribution in [0.3, 0.4) is 0 Å². The lowest BCUT2D eigenvalue weighted by atomic mass is 10.1. The highest BCUT2D eigenvalue weighted by molar-refractivity contribution is 8.02. The van der Waals surface area contributed by atoms with E-state index >= 15 is 0 Å². The third-order valence-corrected chi connectivity index (χ3v) is 6.84. The monoisotopic (exact) mass is 412 g/mol. The van der Waals surface area contributed by atoms with Crippen molar-refractivity contribution in [1.82, 2.24) is 4.98 Å². The zero-order valence-corrected chi connectivity index (χ0v) is 15.5. The molecule has 0 aliphatic heterocycles. The van der Waals surface area contributed by atoms with Crippen LogP contribution in [0.4, 0.5) is 18.9 Å². The smallest absolute Gasteiger partial charge is 0.274 e. The molecule has 3 N–H and O–H groups in total. The molecule has 0 spiro atoms. The van der Waals surface area contributed by atoms with E-state index in [4.69, 9.17) is 0 Å². The molecule has 1 aromatic carbocycles. The number of hydrogen-bond donors (Lipinski definition) is 3. The number of rotatable bonds is 4. The van der Waals surface area contributed by atoms with Crippen LogP contribution in [0.15, 0.2) is 45.5 Å². The minimum atomic E-state index is -3.05. The van der Waals surface area contributed by atoms with Crippen LogP contribution in [-0.2, 0) is 0 Å². The number of aromatic amines is 1. The van der Waals surface area contributed by atoms with Crippen LogP contribution >= 0.6 is 23.3 Å². The second-order valence-electron chi connectivity index (χ2n) is 6.50. The Labute approximate surface area is 160 Å².